The maximum atomic E-state index is 13.4. The Hall–Kier alpha value is -3.08. The van der Waals surface area contributed by atoms with Gasteiger partial charge in [0.2, 0.25) is 0 Å². The molecule has 160 valence electrons. The van der Waals surface area contributed by atoms with E-state index in [0.717, 1.165) is 12.1 Å². The Labute approximate surface area is 165 Å². The largest absolute Gasteiger partial charge is 0.497 e. The van der Waals surface area contributed by atoms with Crippen LogP contribution in [0.5, 0.6) is 5.75 Å². The number of nitrogens with zero attached hydrogens (tertiary/aromatic N) is 1. The summed E-state index contributed by atoms with van der Waals surface area (Å²) in [6.07, 6.45) is -11.8. The minimum Gasteiger partial charge on any atom is -0.497 e. The van der Waals surface area contributed by atoms with Gasteiger partial charge < -0.3 is 15.5 Å². The number of ether oxygens (including phenoxy) is 1. The van der Waals surface area contributed by atoms with E-state index in [-0.39, 0.29) is 22.5 Å². The van der Waals surface area contributed by atoms with Gasteiger partial charge in [0, 0.05) is 11.1 Å². The molecule has 0 aliphatic carbocycles. The van der Waals surface area contributed by atoms with Crippen LogP contribution in [0.15, 0.2) is 48.5 Å². The lowest BCUT2D eigenvalue weighted by atomic mass is 9.98. The Kier molecular flexibility index (Phi) is 5.27. The monoisotopic (exact) mass is 433 g/mol. The van der Waals surface area contributed by atoms with Crippen molar-refractivity contribution in [2.45, 2.75) is 17.9 Å². The number of hydrogen-bond donors (Lipinski definition) is 2. The van der Waals surface area contributed by atoms with Gasteiger partial charge in [-0.2, -0.15) is 26.3 Å². The number of aromatic amines is 1. The van der Waals surface area contributed by atoms with E-state index in [1.807, 2.05) is 0 Å². The summed E-state index contributed by atoms with van der Waals surface area (Å²) in [6.45, 7) is 0. The van der Waals surface area contributed by atoms with Crippen molar-refractivity contribution in [3.8, 4) is 28.3 Å². The maximum absolute atomic E-state index is 13.4. The van der Waals surface area contributed by atoms with Crippen LogP contribution in [-0.2, 0) is 5.54 Å². The molecule has 2 aromatic carbocycles. The number of benzene rings is 2. The zero-order valence-electron chi connectivity index (χ0n) is 15.2. The Morgan fingerprint density at radius 2 is 1.33 bits per heavy atom. The van der Waals surface area contributed by atoms with E-state index in [1.54, 1.807) is 0 Å². The van der Waals surface area contributed by atoms with Gasteiger partial charge in [0.15, 0.2) is 0 Å². The normalized spacial score (nSPS) is 12.8. The lowest BCUT2D eigenvalue weighted by molar-refractivity contribution is -0.304. The van der Waals surface area contributed by atoms with E-state index in [4.69, 9.17) is 10.5 Å². The van der Waals surface area contributed by atoms with Crippen LogP contribution in [0.1, 0.15) is 5.82 Å². The summed E-state index contributed by atoms with van der Waals surface area (Å²) in [5.74, 6) is -1.76. The van der Waals surface area contributed by atoms with E-state index in [0.29, 0.717) is 5.75 Å². The third-order valence-electron chi connectivity index (χ3n) is 4.47. The highest BCUT2D eigenvalue weighted by Gasteiger charge is 2.71. The Morgan fingerprint density at radius 1 is 0.833 bits per heavy atom. The SMILES string of the molecule is COc1ccc(-c2[nH]c(C(N)(C(F)(F)F)C(F)(F)F)nc2-c2ccc(F)cc2)cc1. The smallest absolute Gasteiger partial charge is 0.422 e. The van der Waals surface area contributed by atoms with Gasteiger partial charge >= 0.3 is 12.4 Å². The minimum atomic E-state index is -5.89. The molecule has 0 fully saturated rings. The Bertz CT molecular complexity index is 1010. The van der Waals surface area contributed by atoms with Gasteiger partial charge in [-0.1, -0.05) is 0 Å². The van der Waals surface area contributed by atoms with Gasteiger partial charge in [-0.3, -0.25) is 0 Å². The van der Waals surface area contributed by atoms with Crippen molar-refractivity contribution in [3.05, 3.63) is 60.2 Å². The highest BCUT2D eigenvalue weighted by Crippen LogP contribution is 2.48. The molecule has 0 unspecified atom stereocenters. The van der Waals surface area contributed by atoms with Crippen molar-refractivity contribution in [2.24, 2.45) is 5.73 Å². The molecule has 0 spiro atoms. The predicted molar refractivity (Wildman–Crippen MR) is 93.9 cm³/mol. The second-order valence-electron chi connectivity index (χ2n) is 6.35. The Morgan fingerprint density at radius 3 is 1.80 bits per heavy atom. The molecule has 1 heterocycles. The Balaban J connectivity index is 2.27. The molecule has 4 nitrogen and oxygen atoms in total. The predicted octanol–water partition coefficient (Wildman–Crippen LogP) is 5.17. The molecule has 0 radical (unpaired) electrons. The number of methoxy groups -OCH3 is 1. The van der Waals surface area contributed by atoms with Gasteiger partial charge in [-0.25, -0.2) is 9.37 Å². The molecule has 0 atom stereocenters. The summed E-state index contributed by atoms with van der Waals surface area (Å²) in [6, 6.07) is 10.1. The van der Waals surface area contributed by atoms with E-state index < -0.39 is 29.5 Å². The molecule has 0 amide bonds. The van der Waals surface area contributed by atoms with Crippen LogP contribution in [0.3, 0.4) is 0 Å². The van der Waals surface area contributed by atoms with Gasteiger partial charge in [0.1, 0.15) is 17.4 Å². The van der Waals surface area contributed by atoms with E-state index in [9.17, 15) is 30.7 Å². The van der Waals surface area contributed by atoms with Crippen molar-refractivity contribution in [2.75, 3.05) is 7.11 Å². The molecule has 0 aliphatic heterocycles. The molecule has 3 N–H and O–H groups in total. The summed E-state index contributed by atoms with van der Waals surface area (Å²) in [7, 11) is 1.39. The van der Waals surface area contributed by atoms with Crippen molar-refractivity contribution in [1.29, 1.82) is 0 Å². The zero-order chi connectivity index (χ0) is 22.3. The first-order valence-electron chi connectivity index (χ1n) is 8.31. The second kappa shape index (κ2) is 7.31. The molecule has 0 aliphatic rings. The number of imidazole rings is 1. The first-order valence-corrected chi connectivity index (χ1v) is 8.31. The average Bonchev–Trinajstić information content (AvgIpc) is 3.11. The van der Waals surface area contributed by atoms with Gasteiger partial charge in [-0.15, -0.1) is 0 Å². The highest BCUT2D eigenvalue weighted by atomic mass is 19.4. The number of nitrogens with two attached hydrogens (primary N) is 1. The van der Waals surface area contributed by atoms with Gasteiger partial charge in [0.25, 0.3) is 5.54 Å². The molecule has 0 bridgehead atoms. The van der Waals surface area contributed by atoms with Gasteiger partial charge in [0.05, 0.1) is 18.5 Å². The van der Waals surface area contributed by atoms with Crippen molar-refractivity contribution in [1.82, 2.24) is 9.97 Å². The van der Waals surface area contributed by atoms with E-state index in [2.05, 4.69) is 9.97 Å². The molecule has 1 aromatic heterocycles. The summed E-state index contributed by atoms with van der Waals surface area (Å²) in [5.41, 5.74) is 0.0361. The number of alkyl halides is 6. The summed E-state index contributed by atoms with van der Waals surface area (Å²) in [4.78, 5) is 5.65. The summed E-state index contributed by atoms with van der Waals surface area (Å²) in [5, 5.41) is 0. The quantitative estimate of drug-likeness (QED) is 0.558. The first kappa shape index (κ1) is 21.6. The van der Waals surface area contributed by atoms with Crippen LogP contribution in [0.25, 0.3) is 22.5 Å². The molecule has 0 saturated heterocycles. The first-order chi connectivity index (χ1) is 13.9. The lowest BCUT2D eigenvalue weighted by Gasteiger charge is -2.31. The van der Waals surface area contributed by atoms with Crippen molar-refractivity contribution < 1.29 is 35.5 Å². The standard InChI is InChI=1S/C19H14F7N3O/c1-30-13-8-4-11(5-9-13)15-14(10-2-6-12(20)7-3-10)28-16(29-15)17(27,18(21,22)23)19(24,25)26/h2-9H,27H2,1H3,(H,28,29). The van der Waals surface area contributed by atoms with Crippen LogP contribution in [0, 0.1) is 5.82 Å². The fraction of sp³-hybridized carbons (Fsp3) is 0.211. The molecule has 11 heteroatoms. The van der Waals surface area contributed by atoms with Crippen LogP contribution in [-0.4, -0.2) is 29.4 Å². The van der Waals surface area contributed by atoms with E-state index in [1.165, 1.54) is 43.5 Å². The average molecular weight is 433 g/mol. The van der Waals surface area contributed by atoms with Gasteiger partial charge in [-0.05, 0) is 48.5 Å². The third kappa shape index (κ3) is 3.60. The van der Waals surface area contributed by atoms with Crippen LogP contribution >= 0.6 is 0 Å². The molecule has 3 aromatic rings. The molecule has 30 heavy (non-hydrogen) atoms. The van der Waals surface area contributed by atoms with Crippen LogP contribution in [0.4, 0.5) is 30.7 Å². The zero-order valence-corrected chi connectivity index (χ0v) is 15.2. The number of aromatic nitrogens is 2. The summed E-state index contributed by atoms with van der Waals surface area (Å²) >= 11 is 0. The fourth-order valence-corrected chi connectivity index (χ4v) is 2.77. The minimum absolute atomic E-state index is 0.0939. The summed E-state index contributed by atoms with van der Waals surface area (Å²) < 4.78 is 98.7. The second-order valence-corrected chi connectivity index (χ2v) is 6.35. The number of H-pyrrole nitrogens is 1. The molecular formula is C19H14F7N3O. The van der Waals surface area contributed by atoms with E-state index >= 15 is 0 Å². The molecular weight excluding hydrogens is 419 g/mol. The van der Waals surface area contributed by atoms with Crippen molar-refractivity contribution >= 4 is 0 Å². The van der Waals surface area contributed by atoms with Crippen LogP contribution in [0.2, 0.25) is 0 Å². The molecule has 0 saturated carbocycles. The lowest BCUT2D eigenvalue weighted by Crippen LogP contribution is -2.61. The number of hydrogen-bond acceptors (Lipinski definition) is 3. The fourth-order valence-electron chi connectivity index (χ4n) is 2.77. The number of nitrogens with one attached hydrogen (secondary N) is 1. The third-order valence-corrected chi connectivity index (χ3v) is 4.47. The molecule has 3 rings (SSSR count). The van der Waals surface area contributed by atoms with Crippen molar-refractivity contribution in [3.63, 3.8) is 0 Å². The number of halogens is 7. The number of rotatable bonds is 4. The topological polar surface area (TPSA) is 63.9 Å². The maximum Gasteiger partial charge on any atom is 0.422 e. The van der Waals surface area contributed by atoms with Crippen LogP contribution < -0.4 is 10.5 Å². The highest BCUT2D eigenvalue weighted by molar-refractivity contribution is 5.79.